The average molecular weight is 734 g/mol. The molecule has 0 saturated heterocycles. The van der Waals surface area contributed by atoms with Gasteiger partial charge in [0.25, 0.3) is 6.33 Å². The first-order chi connectivity index (χ1) is 28.3. The van der Waals surface area contributed by atoms with Crippen LogP contribution in [0.1, 0.15) is 0 Å². The summed E-state index contributed by atoms with van der Waals surface area (Å²) in [6, 6.07) is 66.3. The zero-order valence-electron chi connectivity index (χ0n) is 30.6. The summed E-state index contributed by atoms with van der Waals surface area (Å²) in [5, 5.41) is 0. The van der Waals surface area contributed by atoms with Gasteiger partial charge in [0.05, 0.1) is 27.6 Å². The molecule has 0 saturated carbocycles. The number of hydrogen-bond acceptors (Lipinski definition) is 4. The lowest BCUT2D eigenvalue weighted by atomic mass is 10.1. The Bertz CT molecular complexity index is 3100. The molecule has 8 heteroatoms. The Hall–Kier alpha value is -7.97. The molecule has 4 aromatic heterocycles. The minimum absolute atomic E-state index is 0.565. The highest BCUT2D eigenvalue weighted by molar-refractivity contribution is 5.86. The summed E-state index contributed by atoms with van der Waals surface area (Å²) in [6.07, 6.45) is 2.15. The highest BCUT2D eigenvalue weighted by atomic mass is 15.2. The van der Waals surface area contributed by atoms with Gasteiger partial charge in [0.2, 0.25) is 0 Å². The monoisotopic (exact) mass is 733 g/mol. The maximum Gasteiger partial charge on any atom is 0.255 e. The van der Waals surface area contributed by atoms with E-state index in [1.54, 1.807) is 0 Å². The number of fused-ring (bicyclic) bond motifs is 3. The van der Waals surface area contributed by atoms with Crippen LogP contribution in [0.3, 0.4) is 0 Å². The Morgan fingerprint density at radius 2 is 0.877 bits per heavy atom. The third-order valence-corrected chi connectivity index (χ3v) is 10.4. The zero-order valence-corrected chi connectivity index (χ0v) is 30.6. The average Bonchev–Trinajstić information content (AvgIpc) is 4.00. The lowest BCUT2D eigenvalue weighted by Gasteiger charge is -2.15. The van der Waals surface area contributed by atoms with E-state index < -0.39 is 0 Å². The number of hydrogen-bond donors (Lipinski definition) is 0. The molecule has 11 rings (SSSR count). The molecule has 0 amide bonds. The lowest BCUT2D eigenvalue weighted by molar-refractivity contribution is -0.567. The number of rotatable bonds is 7. The Balaban J connectivity index is 1.22. The molecule has 0 atom stereocenters. The fraction of sp³-hybridized carbons (Fsp3) is 0. The maximum atomic E-state index is 5.46. The molecule has 57 heavy (non-hydrogen) atoms. The van der Waals surface area contributed by atoms with Crippen LogP contribution in [0.5, 0.6) is 0 Å². The van der Waals surface area contributed by atoms with Crippen LogP contribution in [-0.4, -0.2) is 33.6 Å². The molecule has 0 aliphatic heterocycles. The standard InChI is InChI=1S/C49H33N8/c1-4-18-34(19-5-1)48-50-38-25-11-14-28-41(38)56(48)45-32-46(57-42-29-15-12-26-39(42)51-49(57)35-20-6-2-7-21-35)53-47(52-45)37-24-10-13-27-40(37)55-33-54(36-22-8-3-9-23-36)43-30-16-17-31-44(43)55/h1-33H/q+1. The van der Waals surface area contributed by atoms with Crippen LogP contribution in [-0.2, 0) is 0 Å². The van der Waals surface area contributed by atoms with E-state index in [2.05, 4.69) is 140 Å². The predicted octanol–water partition coefficient (Wildman–Crippen LogP) is 10.4. The van der Waals surface area contributed by atoms with Crippen molar-refractivity contribution in [1.29, 1.82) is 0 Å². The molecule has 4 heterocycles. The second-order valence-corrected chi connectivity index (χ2v) is 13.9. The fourth-order valence-electron chi connectivity index (χ4n) is 7.82. The van der Waals surface area contributed by atoms with Crippen LogP contribution < -0.4 is 4.57 Å². The smallest absolute Gasteiger partial charge is 0.255 e. The topological polar surface area (TPSA) is 70.2 Å². The van der Waals surface area contributed by atoms with Gasteiger partial charge >= 0.3 is 0 Å². The molecule has 0 fully saturated rings. The Labute approximate surface area is 327 Å². The van der Waals surface area contributed by atoms with Gasteiger partial charge in [0.1, 0.15) is 34.7 Å². The first kappa shape index (κ1) is 32.5. The van der Waals surface area contributed by atoms with Gasteiger partial charge in [-0.3, -0.25) is 9.13 Å². The number of benzene rings is 7. The van der Waals surface area contributed by atoms with E-state index >= 15 is 0 Å². The SMILES string of the molecule is c1ccc(-c2nc3ccccc3n2-c2cc(-n3c(-c4ccccc4)nc4ccccc43)nc(-c3ccccc3-n3c[n+](-c4ccccc4)c4ccccc43)n2)cc1. The van der Waals surface area contributed by atoms with Crippen molar-refractivity contribution in [1.82, 2.24) is 33.6 Å². The first-order valence-electron chi connectivity index (χ1n) is 18.9. The number of nitrogens with zero attached hydrogens (tertiary/aromatic N) is 8. The highest BCUT2D eigenvalue weighted by Crippen LogP contribution is 2.35. The van der Waals surface area contributed by atoms with Crippen molar-refractivity contribution in [3.8, 4) is 57.2 Å². The van der Waals surface area contributed by atoms with Crippen molar-refractivity contribution in [2.24, 2.45) is 0 Å². The van der Waals surface area contributed by atoms with E-state index in [1.165, 1.54) is 0 Å². The third-order valence-electron chi connectivity index (χ3n) is 10.4. The summed E-state index contributed by atoms with van der Waals surface area (Å²) in [7, 11) is 0. The van der Waals surface area contributed by atoms with Gasteiger partial charge < -0.3 is 0 Å². The molecular weight excluding hydrogens is 701 g/mol. The summed E-state index contributed by atoms with van der Waals surface area (Å²) in [4.78, 5) is 21.3. The molecule has 0 radical (unpaired) electrons. The van der Waals surface area contributed by atoms with Crippen LogP contribution in [0.4, 0.5) is 0 Å². The van der Waals surface area contributed by atoms with Crippen molar-refractivity contribution < 1.29 is 4.57 Å². The van der Waals surface area contributed by atoms with Crippen LogP contribution in [0, 0.1) is 0 Å². The second kappa shape index (κ2) is 13.4. The number of aromatic nitrogens is 8. The van der Waals surface area contributed by atoms with E-state index in [0.29, 0.717) is 17.5 Å². The number of para-hydroxylation sites is 8. The van der Waals surface area contributed by atoms with Crippen molar-refractivity contribution in [2.75, 3.05) is 0 Å². The Kier molecular flexibility index (Phi) is 7.63. The summed E-state index contributed by atoms with van der Waals surface area (Å²) < 4.78 is 8.76. The maximum absolute atomic E-state index is 5.46. The van der Waals surface area contributed by atoms with Crippen LogP contribution in [0.25, 0.3) is 90.3 Å². The van der Waals surface area contributed by atoms with Gasteiger partial charge in [-0.05, 0) is 60.7 Å². The van der Waals surface area contributed by atoms with Gasteiger partial charge in [0, 0.05) is 17.2 Å². The minimum atomic E-state index is 0.565. The third kappa shape index (κ3) is 5.50. The van der Waals surface area contributed by atoms with E-state index in [-0.39, 0.29) is 0 Å². The van der Waals surface area contributed by atoms with E-state index in [9.17, 15) is 0 Å². The lowest BCUT2D eigenvalue weighted by Crippen LogP contribution is -2.28. The van der Waals surface area contributed by atoms with Gasteiger partial charge in [-0.2, -0.15) is 9.13 Å². The Morgan fingerprint density at radius 1 is 0.404 bits per heavy atom. The molecule has 11 aromatic rings. The van der Waals surface area contributed by atoms with E-state index in [4.69, 9.17) is 19.9 Å². The Morgan fingerprint density at radius 3 is 1.47 bits per heavy atom. The molecule has 7 aromatic carbocycles. The van der Waals surface area contributed by atoms with Crippen molar-refractivity contribution in [2.45, 2.75) is 0 Å². The second-order valence-electron chi connectivity index (χ2n) is 13.9. The molecule has 268 valence electrons. The molecule has 0 N–H and O–H groups in total. The van der Waals surface area contributed by atoms with Crippen LogP contribution in [0.15, 0.2) is 200 Å². The quantitative estimate of drug-likeness (QED) is 0.153. The molecule has 0 unspecified atom stereocenters. The van der Waals surface area contributed by atoms with E-state index in [0.717, 1.165) is 72.8 Å². The molecule has 0 aliphatic rings. The summed E-state index contributed by atoms with van der Waals surface area (Å²) in [5.41, 5.74) is 10.7. The van der Waals surface area contributed by atoms with Gasteiger partial charge in [-0.1, -0.05) is 127 Å². The van der Waals surface area contributed by atoms with Gasteiger partial charge in [0.15, 0.2) is 16.9 Å². The van der Waals surface area contributed by atoms with E-state index in [1.807, 2.05) is 78.9 Å². The molecule has 0 spiro atoms. The highest BCUT2D eigenvalue weighted by Gasteiger charge is 2.25. The van der Waals surface area contributed by atoms with Gasteiger partial charge in [-0.15, -0.1) is 0 Å². The van der Waals surface area contributed by atoms with Crippen molar-refractivity contribution >= 4 is 33.1 Å². The van der Waals surface area contributed by atoms with Crippen molar-refractivity contribution in [3.05, 3.63) is 200 Å². The predicted molar refractivity (Wildman–Crippen MR) is 226 cm³/mol. The molecular formula is C49H33N8+. The largest absolute Gasteiger partial charge is 0.276 e. The summed E-state index contributed by atoms with van der Waals surface area (Å²) in [6.45, 7) is 0. The summed E-state index contributed by atoms with van der Waals surface area (Å²) in [5.74, 6) is 3.52. The molecule has 0 aliphatic carbocycles. The fourth-order valence-corrected chi connectivity index (χ4v) is 7.82. The van der Waals surface area contributed by atoms with Gasteiger partial charge in [-0.25, -0.2) is 19.9 Å². The number of imidazole rings is 3. The summed E-state index contributed by atoms with van der Waals surface area (Å²) >= 11 is 0. The van der Waals surface area contributed by atoms with Crippen LogP contribution in [0.2, 0.25) is 0 Å². The minimum Gasteiger partial charge on any atom is -0.276 e. The van der Waals surface area contributed by atoms with Crippen molar-refractivity contribution in [3.63, 3.8) is 0 Å². The first-order valence-corrected chi connectivity index (χ1v) is 18.9. The zero-order chi connectivity index (χ0) is 37.7. The van der Waals surface area contributed by atoms with Crippen LogP contribution >= 0.6 is 0 Å². The molecule has 0 bridgehead atoms. The molecule has 8 nitrogen and oxygen atoms in total. The normalized spacial score (nSPS) is 11.5.